The number of methoxy groups -OCH3 is 1. The summed E-state index contributed by atoms with van der Waals surface area (Å²) in [5, 5.41) is 7.73. The maximum Gasteiger partial charge on any atom is 0.360 e. The molecule has 2 aliphatic rings. The summed E-state index contributed by atoms with van der Waals surface area (Å²) in [5.74, 6) is -1.72. The normalized spacial score (nSPS) is 16.4. The lowest BCUT2D eigenvalue weighted by molar-refractivity contribution is 0.0494. The minimum absolute atomic E-state index is 0.00610. The number of pyridine rings is 1. The van der Waals surface area contributed by atoms with Gasteiger partial charge in [0.2, 0.25) is 5.43 Å². The van der Waals surface area contributed by atoms with Gasteiger partial charge in [-0.15, -0.1) is 5.10 Å². The minimum Gasteiger partial charge on any atom is -0.464 e. The van der Waals surface area contributed by atoms with Crippen molar-refractivity contribution in [3.63, 3.8) is 0 Å². The quantitative estimate of drug-likeness (QED) is 0.571. The number of halogens is 2. The van der Waals surface area contributed by atoms with Crippen molar-refractivity contribution in [2.75, 3.05) is 20.2 Å². The van der Waals surface area contributed by atoms with E-state index >= 15 is 0 Å². The summed E-state index contributed by atoms with van der Waals surface area (Å²) in [6.07, 6.45) is 4.85. The molecule has 1 aliphatic heterocycles. The Balaban J connectivity index is 1.43. The van der Waals surface area contributed by atoms with Crippen molar-refractivity contribution < 1.29 is 18.7 Å². The Kier molecular flexibility index (Phi) is 4.54. The number of rotatable bonds is 4. The molecule has 5 rings (SSSR count). The SMILES string of the molecule is COC(=O)c1cn(C2CN(C(=O)c3cn(C4CC4)c4cc(Cl)c(F)cc4c3=O)C2)nn1. The van der Waals surface area contributed by atoms with Crippen LogP contribution < -0.4 is 5.43 Å². The molecule has 1 aliphatic carbocycles. The van der Waals surface area contributed by atoms with Crippen LogP contribution in [0.5, 0.6) is 0 Å². The standard InChI is InChI=1S/C20H17ClFN5O4/c1-31-20(30)16-9-27(24-23-16)11-6-25(7-11)19(29)13-8-26(10-2-3-10)17-5-14(21)15(22)4-12(17)18(13)28/h4-5,8-11H,2-3,6-7H2,1H3. The fourth-order valence-corrected chi connectivity index (χ4v) is 3.92. The number of fused-ring (bicyclic) bond motifs is 1. The number of benzene rings is 1. The van der Waals surface area contributed by atoms with Gasteiger partial charge in [0.05, 0.1) is 29.9 Å². The number of nitrogens with zero attached hydrogens (tertiary/aromatic N) is 5. The Labute approximate surface area is 179 Å². The molecule has 0 unspecified atom stereocenters. The van der Waals surface area contributed by atoms with Crippen LogP contribution in [-0.2, 0) is 4.74 Å². The largest absolute Gasteiger partial charge is 0.464 e. The highest BCUT2D eigenvalue weighted by Crippen LogP contribution is 2.38. The molecule has 9 nitrogen and oxygen atoms in total. The summed E-state index contributed by atoms with van der Waals surface area (Å²) < 4.78 is 22.0. The van der Waals surface area contributed by atoms with Crippen molar-refractivity contribution in [3.8, 4) is 0 Å². The zero-order chi connectivity index (χ0) is 21.9. The molecule has 0 radical (unpaired) electrons. The van der Waals surface area contributed by atoms with Crippen molar-refractivity contribution in [3.05, 3.63) is 56.8 Å². The third-order valence-electron chi connectivity index (χ3n) is 5.67. The van der Waals surface area contributed by atoms with Gasteiger partial charge in [-0.3, -0.25) is 9.59 Å². The predicted molar refractivity (Wildman–Crippen MR) is 108 cm³/mol. The average molecular weight is 446 g/mol. The van der Waals surface area contributed by atoms with Crippen molar-refractivity contribution in [1.82, 2.24) is 24.5 Å². The summed E-state index contributed by atoms with van der Waals surface area (Å²) >= 11 is 5.92. The highest BCUT2D eigenvalue weighted by Gasteiger charge is 2.36. The van der Waals surface area contributed by atoms with E-state index in [0.717, 1.165) is 18.9 Å². The first-order valence-electron chi connectivity index (χ1n) is 9.70. The van der Waals surface area contributed by atoms with Gasteiger partial charge in [-0.25, -0.2) is 13.9 Å². The van der Waals surface area contributed by atoms with Crippen LogP contribution in [0.4, 0.5) is 4.39 Å². The van der Waals surface area contributed by atoms with Crippen molar-refractivity contribution in [1.29, 1.82) is 0 Å². The molecule has 2 aromatic heterocycles. The van der Waals surface area contributed by atoms with Crippen LogP contribution in [0.1, 0.15) is 45.8 Å². The molecule has 31 heavy (non-hydrogen) atoms. The summed E-state index contributed by atoms with van der Waals surface area (Å²) in [6.45, 7) is 0.609. The second-order valence-electron chi connectivity index (χ2n) is 7.73. The van der Waals surface area contributed by atoms with E-state index < -0.39 is 23.1 Å². The molecule has 1 saturated carbocycles. The van der Waals surface area contributed by atoms with Crippen LogP contribution in [0.2, 0.25) is 5.02 Å². The van der Waals surface area contributed by atoms with Gasteiger partial charge in [-0.05, 0) is 25.0 Å². The van der Waals surface area contributed by atoms with Gasteiger partial charge in [-0.1, -0.05) is 16.8 Å². The molecule has 160 valence electrons. The number of esters is 1. The molecule has 0 N–H and O–H groups in total. The van der Waals surface area contributed by atoms with Crippen LogP contribution in [0.25, 0.3) is 10.9 Å². The van der Waals surface area contributed by atoms with E-state index in [1.165, 1.54) is 29.0 Å². The van der Waals surface area contributed by atoms with Crippen LogP contribution >= 0.6 is 11.6 Å². The topological polar surface area (TPSA) is 99.3 Å². The van der Waals surface area contributed by atoms with E-state index in [-0.39, 0.29) is 33.7 Å². The van der Waals surface area contributed by atoms with Gasteiger partial charge in [0.25, 0.3) is 5.91 Å². The number of carbonyl (C=O) groups excluding carboxylic acids is 2. The molecule has 2 fully saturated rings. The van der Waals surface area contributed by atoms with E-state index in [2.05, 4.69) is 15.0 Å². The average Bonchev–Trinajstić information content (AvgIpc) is 3.45. The lowest BCUT2D eigenvalue weighted by Crippen LogP contribution is -2.51. The smallest absolute Gasteiger partial charge is 0.360 e. The molecule has 3 aromatic rings. The summed E-state index contributed by atoms with van der Waals surface area (Å²) in [4.78, 5) is 39.1. The molecular formula is C20H17ClFN5O4. The molecule has 1 aromatic carbocycles. The number of ether oxygens (including phenoxy) is 1. The number of aromatic nitrogens is 4. The van der Waals surface area contributed by atoms with Crippen LogP contribution in [0, 0.1) is 5.82 Å². The number of amides is 1. The van der Waals surface area contributed by atoms with Crippen molar-refractivity contribution >= 4 is 34.4 Å². The first kappa shape index (κ1) is 19.7. The molecule has 0 atom stereocenters. The van der Waals surface area contributed by atoms with Gasteiger partial charge in [0, 0.05) is 30.7 Å². The Morgan fingerprint density at radius 3 is 2.61 bits per heavy atom. The first-order valence-corrected chi connectivity index (χ1v) is 10.1. The fourth-order valence-electron chi connectivity index (χ4n) is 3.76. The highest BCUT2D eigenvalue weighted by molar-refractivity contribution is 6.31. The Hall–Kier alpha value is -3.27. The zero-order valence-electron chi connectivity index (χ0n) is 16.4. The van der Waals surface area contributed by atoms with E-state index in [0.29, 0.717) is 18.6 Å². The van der Waals surface area contributed by atoms with Gasteiger partial charge in [0.15, 0.2) is 5.69 Å². The lowest BCUT2D eigenvalue weighted by atomic mass is 10.1. The lowest BCUT2D eigenvalue weighted by Gasteiger charge is -2.38. The Morgan fingerprint density at radius 2 is 1.94 bits per heavy atom. The van der Waals surface area contributed by atoms with Crippen LogP contribution in [0.3, 0.4) is 0 Å². The van der Waals surface area contributed by atoms with Gasteiger partial charge in [-0.2, -0.15) is 0 Å². The van der Waals surface area contributed by atoms with Crippen molar-refractivity contribution in [2.24, 2.45) is 0 Å². The van der Waals surface area contributed by atoms with E-state index in [4.69, 9.17) is 11.6 Å². The Bertz CT molecular complexity index is 1290. The van der Waals surface area contributed by atoms with E-state index in [1.54, 1.807) is 6.20 Å². The monoisotopic (exact) mass is 445 g/mol. The Morgan fingerprint density at radius 1 is 1.19 bits per heavy atom. The minimum atomic E-state index is -0.699. The van der Waals surface area contributed by atoms with Crippen molar-refractivity contribution in [2.45, 2.75) is 24.9 Å². The van der Waals surface area contributed by atoms with Gasteiger partial charge in [0.1, 0.15) is 11.4 Å². The summed E-state index contributed by atoms with van der Waals surface area (Å²) in [7, 11) is 1.25. The predicted octanol–water partition coefficient (Wildman–Crippen LogP) is 2.20. The summed E-state index contributed by atoms with van der Waals surface area (Å²) in [5.41, 5.74) is 0.0720. The number of hydrogen-bond acceptors (Lipinski definition) is 6. The van der Waals surface area contributed by atoms with Crippen LogP contribution in [-0.4, -0.2) is 56.5 Å². The fraction of sp³-hybridized carbons (Fsp3) is 0.350. The third kappa shape index (κ3) is 3.27. The molecule has 1 saturated heterocycles. The molecule has 3 heterocycles. The molecule has 0 bridgehead atoms. The molecule has 11 heteroatoms. The van der Waals surface area contributed by atoms with E-state index in [9.17, 15) is 18.8 Å². The third-order valence-corrected chi connectivity index (χ3v) is 5.96. The number of likely N-dealkylation sites (tertiary alicyclic amines) is 1. The van der Waals surface area contributed by atoms with Crippen LogP contribution in [0.15, 0.2) is 29.3 Å². The zero-order valence-corrected chi connectivity index (χ0v) is 17.2. The molecule has 1 amide bonds. The highest BCUT2D eigenvalue weighted by atomic mass is 35.5. The first-order chi connectivity index (χ1) is 14.9. The maximum absolute atomic E-state index is 14.0. The number of hydrogen-bond donors (Lipinski definition) is 0. The van der Waals surface area contributed by atoms with Gasteiger partial charge >= 0.3 is 5.97 Å². The molecular weight excluding hydrogens is 429 g/mol. The second kappa shape index (κ2) is 7.16. The second-order valence-corrected chi connectivity index (χ2v) is 8.14. The van der Waals surface area contributed by atoms with E-state index in [1.807, 2.05) is 4.57 Å². The number of carbonyl (C=O) groups is 2. The maximum atomic E-state index is 14.0. The molecule has 0 spiro atoms. The summed E-state index contributed by atoms with van der Waals surface area (Å²) in [6, 6.07) is 2.52. The van der Waals surface area contributed by atoms with Gasteiger partial charge < -0.3 is 14.2 Å².